The highest BCUT2D eigenvalue weighted by atomic mass is 35.5. The van der Waals surface area contributed by atoms with Crippen LogP contribution in [0.3, 0.4) is 0 Å². The number of Topliss-reactive ketones (excluding diaryl/α,β-unsaturated/α-hetero) is 1. The van der Waals surface area contributed by atoms with Gasteiger partial charge in [-0.05, 0) is 49.2 Å². The van der Waals surface area contributed by atoms with E-state index in [1.165, 1.54) is 0 Å². The van der Waals surface area contributed by atoms with Gasteiger partial charge in [0.2, 0.25) is 5.78 Å². The molecule has 0 aliphatic carbocycles. The zero-order valence-corrected chi connectivity index (χ0v) is 17.5. The minimum atomic E-state index is -0.120. The molecule has 0 bridgehead atoms. The number of hydrogen-bond donors (Lipinski definition) is 0. The van der Waals surface area contributed by atoms with E-state index in [2.05, 4.69) is 0 Å². The van der Waals surface area contributed by atoms with E-state index in [0.717, 1.165) is 22.3 Å². The molecule has 0 atom stereocenters. The molecular formula is C24H18Cl2O3. The Hall–Kier alpha value is -2.75. The number of allylic oxidation sites excluding steroid dienone is 1. The smallest absolute Gasteiger partial charge is 0.232 e. The predicted molar refractivity (Wildman–Crippen MR) is 116 cm³/mol. The highest BCUT2D eigenvalue weighted by Crippen LogP contribution is 2.38. The number of carbonyl (C=O) groups excluding carboxylic acids is 1. The van der Waals surface area contributed by atoms with Gasteiger partial charge in [0, 0.05) is 21.7 Å². The predicted octanol–water partition coefficient (Wildman–Crippen LogP) is 6.81. The lowest BCUT2D eigenvalue weighted by Gasteiger charge is -2.10. The van der Waals surface area contributed by atoms with Gasteiger partial charge in [-0.25, -0.2) is 0 Å². The van der Waals surface area contributed by atoms with E-state index < -0.39 is 0 Å². The van der Waals surface area contributed by atoms with Crippen molar-refractivity contribution in [3.05, 3.63) is 98.2 Å². The number of ether oxygens (including phenoxy) is 2. The Balaban J connectivity index is 1.56. The SMILES string of the molecule is Cc1ccc(/C=C2\Oc3cc(OCc4ccc(Cl)cc4Cl)cc(C)c3C2=O)cc1. The molecule has 1 aliphatic rings. The molecule has 146 valence electrons. The first-order valence-corrected chi connectivity index (χ1v) is 9.88. The maximum Gasteiger partial charge on any atom is 0.232 e. The lowest BCUT2D eigenvalue weighted by atomic mass is 10.0. The van der Waals surface area contributed by atoms with Gasteiger partial charge in [0.1, 0.15) is 18.1 Å². The van der Waals surface area contributed by atoms with Crippen LogP contribution in [0.2, 0.25) is 10.0 Å². The van der Waals surface area contributed by atoms with Crippen molar-refractivity contribution in [3.63, 3.8) is 0 Å². The Kier molecular flexibility index (Phi) is 5.35. The Morgan fingerprint density at radius 2 is 1.76 bits per heavy atom. The number of carbonyl (C=O) groups is 1. The second-order valence-electron chi connectivity index (χ2n) is 6.99. The third-order valence-corrected chi connectivity index (χ3v) is 5.32. The molecule has 0 N–H and O–H groups in total. The molecule has 3 aromatic rings. The zero-order valence-electron chi connectivity index (χ0n) is 16.0. The summed E-state index contributed by atoms with van der Waals surface area (Å²) in [7, 11) is 0. The van der Waals surface area contributed by atoms with Gasteiger partial charge in [0.15, 0.2) is 5.76 Å². The molecule has 0 spiro atoms. The Morgan fingerprint density at radius 3 is 2.48 bits per heavy atom. The Labute approximate surface area is 179 Å². The number of fused-ring (bicyclic) bond motifs is 1. The maximum absolute atomic E-state index is 12.8. The van der Waals surface area contributed by atoms with E-state index in [-0.39, 0.29) is 12.4 Å². The van der Waals surface area contributed by atoms with E-state index in [9.17, 15) is 4.79 Å². The topological polar surface area (TPSA) is 35.5 Å². The number of halogens is 2. The molecule has 0 saturated carbocycles. The van der Waals surface area contributed by atoms with Crippen molar-refractivity contribution in [3.8, 4) is 11.5 Å². The Bertz CT molecular complexity index is 1130. The van der Waals surface area contributed by atoms with E-state index in [1.807, 2.05) is 50.2 Å². The minimum absolute atomic E-state index is 0.120. The lowest BCUT2D eigenvalue weighted by molar-refractivity contribution is 0.101. The fourth-order valence-electron chi connectivity index (χ4n) is 3.17. The number of ketones is 1. The third-order valence-electron chi connectivity index (χ3n) is 4.73. The van der Waals surface area contributed by atoms with E-state index in [4.69, 9.17) is 32.7 Å². The number of rotatable bonds is 4. The van der Waals surface area contributed by atoms with E-state index in [0.29, 0.717) is 32.9 Å². The largest absolute Gasteiger partial charge is 0.489 e. The fourth-order valence-corrected chi connectivity index (χ4v) is 3.64. The molecule has 29 heavy (non-hydrogen) atoms. The van der Waals surface area contributed by atoms with Crippen LogP contribution in [0.4, 0.5) is 0 Å². The van der Waals surface area contributed by atoms with Crippen LogP contribution in [-0.2, 0) is 6.61 Å². The normalized spacial score (nSPS) is 14.1. The van der Waals surface area contributed by atoms with Crippen LogP contribution < -0.4 is 9.47 Å². The van der Waals surface area contributed by atoms with Crippen LogP contribution in [0, 0.1) is 13.8 Å². The highest BCUT2D eigenvalue weighted by molar-refractivity contribution is 6.35. The van der Waals surface area contributed by atoms with Gasteiger partial charge in [-0.3, -0.25) is 4.79 Å². The summed E-state index contributed by atoms with van der Waals surface area (Å²) in [5.74, 6) is 1.30. The van der Waals surface area contributed by atoms with Crippen LogP contribution in [0.1, 0.15) is 32.6 Å². The highest BCUT2D eigenvalue weighted by Gasteiger charge is 2.30. The molecule has 0 radical (unpaired) electrons. The van der Waals surface area contributed by atoms with Crippen LogP contribution in [0.5, 0.6) is 11.5 Å². The maximum atomic E-state index is 12.8. The summed E-state index contributed by atoms with van der Waals surface area (Å²) in [5.41, 5.74) is 4.27. The summed E-state index contributed by atoms with van der Waals surface area (Å²) in [6, 6.07) is 16.8. The summed E-state index contributed by atoms with van der Waals surface area (Å²) in [5, 5.41) is 1.12. The molecule has 3 aromatic carbocycles. The quantitative estimate of drug-likeness (QED) is 0.431. The molecule has 0 amide bonds. The van der Waals surface area contributed by atoms with E-state index >= 15 is 0 Å². The first-order chi connectivity index (χ1) is 13.9. The van der Waals surface area contributed by atoms with Crippen LogP contribution in [-0.4, -0.2) is 5.78 Å². The minimum Gasteiger partial charge on any atom is -0.489 e. The third kappa shape index (κ3) is 4.16. The van der Waals surface area contributed by atoms with Gasteiger partial charge in [-0.2, -0.15) is 0 Å². The second kappa shape index (κ2) is 7.94. The molecule has 0 unspecified atom stereocenters. The summed E-state index contributed by atoms with van der Waals surface area (Å²) in [4.78, 5) is 12.8. The molecular weight excluding hydrogens is 407 g/mol. The average Bonchev–Trinajstić information content (AvgIpc) is 2.99. The monoisotopic (exact) mass is 424 g/mol. The Morgan fingerprint density at radius 1 is 1.00 bits per heavy atom. The van der Waals surface area contributed by atoms with Crippen LogP contribution in [0.15, 0.2) is 60.4 Å². The van der Waals surface area contributed by atoms with Crippen molar-refractivity contribution >= 4 is 35.1 Å². The second-order valence-corrected chi connectivity index (χ2v) is 7.83. The molecule has 0 saturated heterocycles. The van der Waals surface area contributed by atoms with Crippen molar-refractivity contribution in [2.24, 2.45) is 0 Å². The summed E-state index contributed by atoms with van der Waals surface area (Å²) in [6.45, 7) is 4.18. The van der Waals surface area contributed by atoms with Gasteiger partial charge < -0.3 is 9.47 Å². The molecule has 1 heterocycles. The van der Waals surface area contributed by atoms with Crippen molar-refractivity contribution in [2.45, 2.75) is 20.5 Å². The van der Waals surface area contributed by atoms with Gasteiger partial charge >= 0.3 is 0 Å². The van der Waals surface area contributed by atoms with Crippen LogP contribution in [0.25, 0.3) is 6.08 Å². The molecule has 3 nitrogen and oxygen atoms in total. The van der Waals surface area contributed by atoms with Crippen molar-refractivity contribution in [1.29, 1.82) is 0 Å². The lowest BCUT2D eigenvalue weighted by Crippen LogP contribution is -2.00. The number of benzene rings is 3. The van der Waals surface area contributed by atoms with Gasteiger partial charge in [-0.1, -0.05) is 59.1 Å². The summed E-state index contributed by atoms with van der Waals surface area (Å²) < 4.78 is 11.7. The van der Waals surface area contributed by atoms with Gasteiger partial charge in [0.05, 0.1) is 5.56 Å². The molecule has 4 rings (SSSR count). The van der Waals surface area contributed by atoms with Crippen molar-refractivity contribution < 1.29 is 14.3 Å². The van der Waals surface area contributed by atoms with Crippen molar-refractivity contribution in [1.82, 2.24) is 0 Å². The van der Waals surface area contributed by atoms with Crippen LogP contribution >= 0.6 is 23.2 Å². The molecule has 0 aromatic heterocycles. The number of hydrogen-bond acceptors (Lipinski definition) is 3. The average molecular weight is 425 g/mol. The summed E-state index contributed by atoms with van der Waals surface area (Å²) >= 11 is 12.1. The fraction of sp³-hybridized carbons (Fsp3) is 0.125. The van der Waals surface area contributed by atoms with Crippen molar-refractivity contribution in [2.75, 3.05) is 0 Å². The standard InChI is InChI=1S/C24H18Cl2O3/c1-14-3-5-16(6-4-14)10-22-24(27)23-15(2)9-19(12-21(23)29-22)28-13-17-7-8-18(25)11-20(17)26/h3-12H,13H2,1-2H3/b22-10-. The van der Waals surface area contributed by atoms with E-state index in [1.54, 1.807) is 24.3 Å². The molecule has 1 aliphatic heterocycles. The number of aryl methyl sites for hydroxylation is 2. The molecule has 5 heteroatoms. The first-order valence-electron chi connectivity index (χ1n) is 9.13. The molecule has 0 fully saturated rings. The zero-order chi connectivity index (χ0) is 20.5. The summed E-state index contributed by atoms with van der Waals surface area (Å²) in [6.07, 6.45) is 1.76. The van der Waals surface area contributed by atoms with Gasteiger partial charge in [0.25, 0.3) is 0 Å². The van der Waals surface area contributed by atoms with Gasteiger partial charge in [-0.15, -0.1) is 0 Å². The first kappa shape index (κ1) is 19.6.